The molecule has 0 bridgehead atoms. The molecule has 4 rings (SSSR count). The summed E-state index contributed by atoms with van der Waals surface area (Å²) >= 11 is 0. The summed E-state index contributed by atoms with van der Waals surface area (Å²) in [5.41, 5.74) is 7.71. The fourth-order valence-corrected chi connectivity index (χ4v) is 4.17. The number of aryl methyl sites for hydroxylation is 2. The molecule has 2 aromatic rings. The molecule has 0 amide bonds. The first-order valence-electron chi connectivity index (χ1n) is 10.9. The monoisotopic (exact) mass is 413 g/mol. The van der Waals surface area contributed by atoms with E-state index in [1.54, 1.807) is 6.07 Å². The van der Waals surface area contributed by atoms with Crippen molar-refractivity contribution in [3.63, 3.8) is 0 Å². The van der Waals surface area contributed by atoms with Crippen molar-refractivity contribution in [3.05, 3.63) is 94.4 Å². The van der Waals surface area contributed by atoms with Crippen LogP contribution in [0.25, 0.3) is 10.9 Å². The molecule has 0 unspecified atom stereocenters. The van der Waals surface area contributed by atoms with Gasteiger partial charge in [0, 0.05) is 35.0 Å². The lowest BCUT2D eigenvalue weighted by atomic mass is 9.93. The van der Waals surface area contributed by atoms with Gasteiger partial charge in [0.25, 0.3) is 0 Å². The third kappa shape index (κ3) is 4.79. The fraction of sp³-hybridized carbons (Fsp3) is 0.296. The second kappa shape index (κ2) is 9.34. The summed E-state index contributed by atoms with van der Waals surface area (Å²) < 4.78 is 13.7. The zero-order valence-electron chi connectivity index (χ0n) is 18.5. The van der Waals surface area contributed by atoms with Crippen LogP contribution < -0.4 is 0 Å². The van der Waals surface area contributed by atoms with Crippen LogP contribution in [-0.2, 0) is 6.42 Å². The number of allylic oxidation sites excluding steroid dienone is 10. The maximum absolute atomic E-state index is 13.7. The zero-order chi connectivity index (χ0) is 21.8. The van der Waals surface area contributed by atoms with Crippen LogP contribution in [0.4, 0.5) is 4.39 Å². The molecule has 0 N–H and O–H groups in total. The third-order valence-electron chi connectivity index (χ3n) is 5.85. The van der Waals surface area contributed by atoms with Crippen molar-refractivity contribution in [2.75, 3.05) is 0 Å². The van der Waals surface area contributed by atoms with E-state index in [0.717, 1.165) is 54.0 Å². The standard InChI is InChI=1S/C27H28FN3/c1-4-8-20-9-6-5-7-10-23(20)25-14-11-18(2)24(30-25)15-16-27-29-19(3)22-13-12-21(28)17-26(22)31-27/h4-8,10,12-13,17H,9,11,14-16H2,1-3H3/b8-4-. The normalized spacial score (nSPS) is 17.1. The first-order valence-corrected chi connectivity index (χ1v) is 10.9. The molecule has 0 saturated heterocycles. The molecule has 0 saturated carbocycles. The Morgan fingerprint density at radius 3 is 2.77 bits per heavy atom. The molecule has 1 aliphatic heterocycles. The van der Waals surface area contributed by atoms with Gasteiger partial charge in [-0.15, -0.1) is 0 Å². The minimum absolute atomic E-state index is 0.271. The predicted octanol–water partition coefficient (Wildman–Crippen LogP) is 6.91. The molecule has 2 aliphatic rings. The molecule has 1 aromatic heterocycles. The van der Waals surface area contributed by atoms with Crippen molar-refractivity contribution in [1.82, 2.24) is 9.97 Å². The predicted molar refractivity (Wildman–Crippen MR) is 127 cm³/mol. The van der Waals surface area contributed by atoms with Gasteiger partial charge in [0.05, 0.1) is 5.52 Å². The minimum Gasteiger partial charge on any atom is -0.257 e. The Balaban J connectivity index is 1.60. The number of nitrogens with zero attached hydrogens (tertiary/aromatic N) is 3. The molecule has 1 aromatic carbocycles. The molecule has 0 radical (unpaired) electrons. The largest absolute Gasteiger partial charge is 0.257 e. The van der Waals surface area contributed by atoms with Crippen molar-refractivity contribution < 1.29 is 4.39 Å². The SMILES string of the molecule is C/C=C\C1=C(C2=NC(CCc3nc(C)c4ccc(F)cc4n3)=C(C)CC2)C=CC=CC1. The van der Waals surface area contributed by atoms with E-state index in [1.165, 1.54) is 28.9 Å². The van der Waals surface area contributed by atoms with E-state index in [0.29, 0.717) is 11.9 Å². The zero-order valence-corrected chi connectivity index (χ0v) is 18.5. The number of benzene rings is 1. The molecular formula is C27H28FN3. The second-order valence-corrected chi connectivity index (χ2v) is 8.10. The summed E-state index contributed by atoms with van der Waals surface area (Å²) in [7, 11) is 0. The van der Waals surface area contributed by atoms with Gasteiger partial charge >= 0.3 is 0 Å². The Bertz CT molecular complexity index is 1190. The van der Waals surface area contributed by atoms with Crippen LogP contribution in [0.1, 0.15) is 51.0 Å². The second-order valence-electron chi connectivity index (χ2n) is 8.10. The van der Waals surface area contributed by atoms with Crippen LogP contribution in [0.5, 0.6) is 0 Å². The van der Waals surface area contributed by atoms with Gasteiger partial charge in [0.15, 0.2) is 0 Å². The van der Waals surface area contributed by atoms with Crippen molar-refractivity contribution in [2.45, 2.75) is 52.9 Å². The topological polar surface area (TPSA) is 38.1 Å². The summed E-state index contributed by atoms with van der Waals surface area (Å²) in [6, 6.07) is 4.69. The quantitative estimate of drug-likeness (QED) is 0.534. The van der Waals surface area contributed by atoms with Crippen LogP contribution in [0, 0.1) is 12.7 Å². The highest BCUT2D eigenvalue weighted by atomic mass is 19.1. The van der Waals surface area contributed by atoms with Gasteiger partial charge in [0.1, 0.15) is 11.6 Å². The molecule has 158 valence electrons. The summed E-state index contributed by atoms with van der Waals surface area (Å²) in [6.07, 6.45) is 17.2. The van der Waals surface area contributed by atoms with Crippen LogP contribution in [0.15, 0.2) is 82.1 Å². The Labute approximate surface area is 183 Å². The molecular weight excluding hydrogens is 385 g/mol. The van der Waals surface area contributed by atoms with E-state index in [9.17, 15) is 4.39 Å². The summed E-state index contributed by atoms with van der Waals surface area (Å²) in [5.74, 6) is 0.471. The molecule has 31 heavy (non-hydrogen) atoms. The summed E-state index contributed by atoms with van der Waals surface area (Å²) in [4.78, 5) is 14.3. The van der Waals surface area contributed by atoms with E-state index in [1.807, 2.05) is 6.92 Å². The average molecular weight is 414 g/mol. The first kappa shape index (κ1) is 21.1. The third-order valence-corrected chi connectivity index (χ3v) is 5.85. The Hall–Kier alpha value is -3.14. The van der Waals surface area contributed by atoms with Gasteiger partial charge < -0.3 is 0 Å². The van der Waals surface area contributed by atoms with E-state index in [2.05, 4.69) is 60.3 Å². The number of hydrogen-bond donors (Lipinski definition) is 0. The Kier molecular flexibility index (Phi) is 6.36. The van der Waals surface area contributed by atoms with Crippen LogP contribution >= 0.6 is 0 Å². The van der Waals surface area contributed by atoms with Crippen LogP contribution in [-0.4, -0.2) is 15.7 Å². The lowest BCUT2D eigenvalue weighted by Gasteiger charge is -2.19. The van der Waals surface area contributed by atoms with Crippen molar-refractivity contribution >= 4 is 16.6 Å². The molecule has 4 heteroatoms. The molecule has 3 nitrogen and oxygen atoms in total. The van der Waals surface area contributed by atoms with Gasteiger partial charge in [-0.1, -0.05) is 42.0 Å². The van der Waals surface area contributed by atoms with Gasteiger partial charge in [0.2, 0.25) is 0 Å². The maximum Gasteiger partial charge on any atom is 0.129 e. The van der Waals surface area contributed by atoms with Crippen molar-refractivity contribution in [1.29, 1.82) is 0 Å². The number of rotatable bonds is 5. The highest BCUT2D eigenvalue weighted by Gasteiger charge is 2.17. The lowest BCUT2D eigenvalue weighted by Crippen LogP contribution is -2.11. The average Bonchev–Trinajstić information content (AvgIpc) is 2.99. The van der Waals surface area contributed by atoms with E-state index < -0.39 is 0 Å². The maximum atomic E-state index is 13.7. The van der Waals surface area contributed by atoms with E-state index >= 15 is 0 Å². The van der Waals surface area contributed by atoms with Gasteiger partial charge in [-0.2, -0.15) is 0 Å². The van der Waals surface area contributed by atoms with E-state index in [-0.39, 0.29) is 5.82 Å². The molecule has 0 fully saturated rings. The molecule has 0 spiro atoms. The number of fused-ring (bicyclic) bond motifs is 1. The Morgan fingerprint density at radius 1 is 1.06 bits per heavy atom. The number of halogens is 1. The highest BCUT2D eigenvalue weighted by molar-refractivity contribution is 6.05. The van der Waals surface area contributed by atoms with Gasteiger partial charge in [-0.3, -0.25) is 4.99 Å². The first-order chi connectivity index (χ1) is 15.0. The molecule has 1 aliphatic carbocycles. The minimum atomic E-state index is -0.271. The van der Waals surface area contributed by atoms with Crippen molar-refractivity contribution in [3.8, 4) is 0 Å². The number of hydrogen-bond acceptors (Lipinski definition) is 3. The molecule has 2 heterocycles. The summed E-state index contributed by atoms with van der Waals surface area (Å²) in [5, 5.41) is 0.899. The van der Waals surface area contributed by atoms with Gasteiger partial charge in [-0.25, -0.2) is 14.4 Å². The van der Waals surface area contributed by atoms with Crippen LogP contribution in [0.2, 0.25) is 0 Å². The smallest absolute Gasteiger partial charge is 0.129 e. The summed E-state index contributed by atoms with van der Waals surface area (Å²) in [6.45, 7) is 6.18. The molecule has 0 atom stereocenters. The highest BCUT2D eigenvalue weighted by Crippen LogP contribution is 2.29. The number of aromatic nitrogens is 2. The lowest BCUT2D eigenvalue weighted by molar-refractivity contribution is 0.629. The fourth-order valence-electron chi connectivity index (χ4n) is 4.17. The van der Waals surface area contributed by atoms with Crippen LogP contribution in [0.3, 0.4) is 0 Å². The van der Waals surface area contributed by atoms with Crippen molar-refractivity contribution in [2.24, 2.45) is 4.99 Å². The Morgan fingerprint density at radius 2 is 1.94 bits per heavy atom. The number of aliphatic imine (C=N–C) groups is 1. The van der Waals surface area contributed by atoms with Gasteiger partial charge in [-0.05, 0) is 69.7 Å². The van der Waals surface area contributed by atoms with E-state index in [4.69, 9.17) is 4.99 Å².